The van der Waals surface area contributed by atoms with Crippen LogP contribution in [0.5, 0.6) is 0 Å². The minimum atomic E-state index is -0.638. The highest BCUT2D eigenvalue weighted by Gasteiger charge is 2.17. The van der Waals surface area contributed by atoms with Crippen molar-refractivity contribution in [2.75, 3.05) is 29.5 Å². The second-order valence-corrected chi connectivity index (χ2v) is 5.44. The van der Waals surface area contributed by atoms with E-state index in [9.17, 15) is 4.21 Å². The van der Waals surface area contributed by atoms with E-state index in [1.54, 1.807) is 6.20 Å². The van der Waals surface area contributed by atoms with Gasteiger partial charge in [0.25, 0.3) is 0 Å². The molecule has 0 aromatic carbocycles. The largest absolute Gasteiger partial charge is 0.368 e. The van der Waals surface area contributed by atoms with Crippen molar-refractivity contribution in [1.82, 2.24) is 4.98 Å². The fraction of sp³-hybridized carbons (Fsp3) is 0.500. The number of aromatic nitrogens is 1. The quantitative estimate of drug-likeness (QED) is 0.738. The topological polar surface area (TPSA) is 33.2 Å². The van der Waals surface area contributed by atoms with Gasteiger partial charge in [0.15, 0.2) is 0 Å². The standard InChI is InChI=1S/C10H13ClN2OS/c11-7-9-1-2-12-8-10(9)13-3-5-15(14)6-4-13/h1-2,8H,3-7H2. The van der Waals surface area contributed by atoms with Gasteiger partial charge in [-0.25, -0.2) is 0 Å². The van der Waals surface area contributed by atoms with Crippen LogP contribution in [0, 0.1) is 0 Å². The molecule has 1 aromatic heterocycles. The van der Waals surface area contributed by atoms with Crippen LogP contribution >= 0.6 is 11.6 Å². The molecule has 5 heteroatoms. The van der Waals surface area contributed by atoms with E-state index < -0.39 is 10.8 Å². The van der Waals surface area contributed by atoms with Crippen LogP contribution in [-0.4, -0.2) is 33.8 Å². The highest BCUT2D eigenvalue weighted by atomic mass is 35.5. The van der Waals surface area contributed by atoms with Gasteiger partial charge in [-0.05, 0) is 11.6 Å². The summed E-state index contributed by atoms with van der Waals surface area (Å²) in [6.45, 7) is 1.67. The van der Waals surface area contributed by atoms with Crippen LogP contribution < -0.4 is 4.90 Å². The number of alkyl halides is 1. The van der Waals surface area contributed by atoms with E-state index in [2.05, 4.69) is 9.88 Å². The molecule has 1 aromatic rings. The molecule has 0 radical (unpaired) electrons. The molecular formula is C10H13ClN2OS. The van der Waals surface area contributed by atoms with E-state index in [0.29, 0.717) is 5.88 Å². The van der Waals surface area contributed by atoms with E-state index >= 15 is 0 Å². The molecule has 0 spiro atoms. The van der Waals surface area contributed by atoms with Crippen LogP contribution in [0.1, 0.15) is 5.56 Å². The highest BCUT2D eigenvalue weighted by molar-refractivity contribution is 7.85. The second-order valence-electron chi connectivity index (χ2n) is 3.47. The molecule has 2 heterocycles. The van der Waals surface area contributed by atoms with E-state index in [0.717, 1.165) is 35.8 Å². The lowest BCUT2D eigenvalue weighted by molar-refractivity contribution is 0.673. The lowest BCUT2D eigenvalue weighted by Crippen LogP contribution is -2.38. The fourth-order valence-corrected chi connectivity index (χ4v) is 2.97. The predicted octanol–water partition coefficient (Wildman–Crippen LogP) is 1.39. The summed E-state index contributed by atoms with van der Waals surface area (Å²) in [5.41, 5.74) is 2.18. The summed E-state index contributed by atoms with van der Waals surface area (Å²) in [6.07, 6.45) is 3.59. The molecular weight excluding hydrogens is 232 g/mol. The minimum absolute atomic E-state index is 0.497. The zero-order valence-electron chi connectivity index (χ0n) is 8.36. The molecule has 0 amide bonds. The number of halogens is 1. The third-order valence-electron chi connectivity index (χ3n) is 2.55. The van der Waals surface area contributed by atoms with Crippen LogP contribution in [0.3, 0.4) is 0 Å². The van der Waals surface area contributed by atoms with Crippen LogP contribution in [0.2, 0.25) is 0 Å². The van der Waals surface area contributed by atoms with E-state index in [1.165, 1.54) is 0 Å². The maximum Gasteiger partial charge on any atom is 0.0598 e. The Morgan fingerprint density at radius 1 is 1.47 bits per heavy atom. The number of hydrogen-bond donors (Lipinski definition) is 0. The van der Waals surface area contributed by atoms with Crippen molar-refractivity contribution in [2.45, 2.75) is 5.88 Å². The Hall–Kier alpha value is -0.610. The highest BCUT2D eigenvalue weighted by Crippen LogP contribution is 2.21. The zero-order chi connectivity index (χ0) is 10.7. The van der Waals surface area contributed by atoms with Gasteiger partial charge in [-0.15, -0.1) is 11.6 Å². The Bertz CT molecular complexity index is 362. The Labute approximate surface area is 96.9 Å². The Morgan fingerprint density at radius 3 is 2.87 bits per heavy atom. The Kier molecular flexibility index (Phi) is 3.59. The van der Waals surface area contributed by atoms with Crippen molar-refractivity contribution >= 4 is 28.1 Å². The Balaban J connectivity index is 2.18. The van der Waals surface area contributed by atoms with Gasteiger partial charge in [-0.2, -0.15) is 0 Å². The van der Waals surface area contributed by atoms with Crippen molar-refractivity contribution < 1.29 is 4.21 Å². The first-order valence-electron chi connectivity index (χ1n) is 4.90. The molecule has 0 saturated carbocycles. The summed E-state index contributed by atoms with van der Waals surface area (Å²) >= 11 is 5.87. The molecule has 1 aliphatic rings. The predicted molar refractivity (Wildman–Crippen MR) is 63.9 cm³/mol. The van der Waals surface area contributed by atoms with Crippen LogP contribution in [-0.2, 0) is 16.7 Å². The second kappa shape index (κ2) is 4.94. The van der Waals surface area contributed by atoms with Crippen molar-refractivity contribution in [3.8, 4) is 0 Å². The van der Waals surface area contributed by atoms with Gasteiger partial charge in [0, 0.05) is 47.5 Å². The molecule has 0 aliphatic carbocycles. The smallest absolute Gasteiger partial charge is 0.0598 e. The lowest BCUT2D eigenvalue weighted by atomic mass is 10.2. The molecule has 0 atom stereocenters. The average Bonchev–Trinajstić information content (AvgIpc) is 2.30. The molecule has 82 valence electrons. The molecule has 1 fully saturated rings. The van der Waals surface area contributed by atoms with Crippen LogP contribution in [0.4, 0.5) is 5.69 Å². The van der Waals surface area contributed by atoms with Gasteiger partial charge in [-0.1, -0.05) is 0 Å². The van der Waals surface area contributed by atoms with Crippen molar-refractivity contribution in [3.05, 3.63) is 24.0 Å². The number of hydrogen-bond acceptors (Lipinski definition) is 3. The van der Waals surface area contributed by atoms with Crippen molar-refractivity contribution in [1.29, 1.82) is 0 Å². The fourth-order valence-electron chi connectivity index (χ4n) is 1.69. The first-order chi connectivity index (χ1) is 7.31. The number of nitrogens with zero attached hydrogens (tertiary/aromatic N) is 2. The first kappa shape index (κ1) is 10.9. The summed E-state index contributed by atoms with van der Waals surface area (Å²) in [7, 11) is -0.638. The third kappa shape index (κ3) is 2.49. The first-order valence-corrected chi connectivity index (χ1v) is 6.92. The van der Waals surface area contributed by atoms with E-state index in [1.807, 2.05) is 12.3 Å². The molecule has 15 heavy (non-hydrogen) atoms. The number of pyridine rings is 1. The monoisotopic (exact) mass is 244 g/mol. The van der Waals surface area contributed by atoms with E-state index in [4.69, 9.17) is 11.6 Å². The van der Waals surface area contributed by atoms with Crippen LogP contribution in [0.25, 0.3) is 0 Å². The summed E-state index contributed by atoms with van der Waals surface area (Å²) in [6, 6.07) is 1.94. The normalized spacial score (nSPS) is 18.1. The van der Waals surface area contributed by atoms with Gasteiger partial charge in [-0.3, -0.25) is 9.19 Å². The van der Waals surface area contributed by atoms with Gasteiger partial charge in [0.2, 0.25) is 0 Å². The Morgan fingerprint density at radius 2 is 2.20 bits per heavy atom. The van der Waals surface area contributed by atoms with E-state index in [-0.39, 0.29) is 0 Å². The average molecular weight is 245 g/mol. The summed E-state index contributed by atoms with van der Waals surface area (Å²) in [4.78, 5) is 6.33. The van der Waals surface area contributed by atoms with Crippen molar-refractivity contribution in [2.24, 2.45) is 0 Å². The third-order valence-corrected chi connectivity index (χ3v) is 4.11. The van der Waals surface area contributed by atoms with Gasteiger partial charge < -0.3 is 4.90 Å². The number of anilines is 1. The molecule has 1 saturated heterocycles. The summed E-state index contributed by atoms with van der Waals surface area (Å²) < 4.78 is 11.2. The van der Waals surface area contributed by atoms with Gasteiger partial charge in [0.05, 0.1) is 11.9 Å². The van der Waals surface area contributed by atoms with Crippen LogP contribution in [0.15, 0.2) is 18.5 Å². The zero-order valence-corrected chi connectivity index (χ0v) is 9.93. The maximum absolute atomic E-state index is 11.2. The molecule has 2 rings (SSSR count). The minimum Gasteiger partial charge on any atom is -0.368 e. The molecule has 0 unspecified atom stereocenters. The summed E-state index contributed by atoms with van der Waals surface area (Å²) in [5, 5.41) is 0. The molecule has 3 nitrogen and oxygen atoms in total. The summed E-state index contributed by atoms with van der Waals surface area (Å²) in [5.74, 6) is 1.99. The maximum atomic E-state index is 11.2. The lowest BCUT2D eigenvalue weighted by Gasteiger charge is -2.29. The molecule has 0 bridgehead atoms. The SMILES string of the molecule is O=S1CCN(c2cnccc2CCl)CC1. The van der Waals surface area contributed by atoms with Gasteiger partial charge in [0.1, 0.15) is 0 Å². The molecule has 1 aliphatic heterocycles. The van der Waals surface area contributed by atoms with Gasteiger partial charge >= 0.3 is 0 Å². The molecule has 0 N–H and O–H groups in total. The van der Waals surface area contributed by atoms with Crippen molar-refractivity contribution in [3.63, 3.8) is 0 Å². The number of rotatable bonds is 2.